The van der Waals surface area contributed by atoms with Crippen LogP contribution < -0.4 is 16.4 Å². The zero-order valence-electron chi connectivity index (χ0n) is 14.7. The maximum Gasteiger partial charge on any atom is 0.248 e. The number of benzene rings is 1. The molecule has 0 bridgehead atoms. The van der Waals surface area contributed by atoms with E-state index < -0.39 is 5.91 Å². The maximum atomic E-state index is 11.1. The third kappa shape index (κ3) is 6.19. The van der Waals surface area contributed by atoms with Gasteiger partial charge in [-0.1, -0.05) is 19.1 Å². The molecule has 0 aliphatic carbocycles. The summed E-state index contributed by atoms with van der Waals surface area (Å²) in [6.07, 6.45) is 3.86. The van der Waals surface area contributed by atoms with Gasteiger partial charge in [-0.25, -0.2) is 9.98 Å². The van der Waals surface area contributed by atoms with E-state index in [-0.39, 0.29) is 0 Å². The number of thiazole rings is 1. The van der Waals surface area contributed by atoms with Gasteiger partial charge in [-0.05, 0) is 31.0 Å². The molecule has 0 fully saturated rings. The van der Waals surface area contributed by atoms with Crippen molar-refractivity contribution < 1.29 is 4.79 Å². The number of primary amides is 1. The van der Waals surface area contributed by atoms with Crippen molar-refractivity contribution in [2.45, 2.75) is 33.2 Å². The summed E-state index contributed by atoms with van der Waals surface area (Å²) in [6.45, 7) is 6.28. The summed E-state index contributed by atoms with van der Waals surface area (Å²) < 4.78 is 0. The summed E-state index contributed by atoms with van der Waals surface area (Å²) in [5.74, 6) is 0.354. The van der Waals surface area contributed by atoms with Crippen molar-refractivity contribution in [1.29, 1.82) is 0 Å². The van der Waals surface area contributed by atoms with Gasteiger partial charge in [0.25, 0.3) is 0 Å². The number of aliphatic imine (C=N–C) groups is 1. The molecule has 0 atom stereocenters. The normalized spacial score (nSPS) is 11.4. The molecule has 0 aliphatic heterocycles. The second-order valence-corrected chi connectivity index (χ2v) is 6.71. The van der Waals surface area contributed by atoms with Gasteiger partial charge >= 0.3 is 0 Å². The van der Waals surface area contributed by atoms with Gasteiger partial charge in [-0.2, -0.15) is 0 Å². The van der Waals surface area contributed by atoms with Crippen molar-refractivity contribution in [3.8, 4) is 0 Å². The van der Waals surface area contributed by atoms with Gasteiger partial charge in [0.1, 0.15) is 0 Å². The van der Waals surface area contributed by atoms with E-state index in [1.54, 1.807) is 23.5 Å². The summed E-state index contributed by atoms with van der Waals surface area (Å²) in [4.78, 5) is 21.4. The summed E-state index contributed by atoms with van der Waals surface area (Å²) in [5.41, 5.74) is 6.78. The van der Waals surface area contributed by atoms with Crippen LogP contribution >= 0.6 is 11.3 Å². The lowest BCUT2D eigenvalue weighted by Crippen LogP contribution is -2.38. The predicted octanol–water partition coefficient (Wildman–Crippen LogP) is 2.10. The van der Waals surface area contributed by atoms with Crippen molar-refractivity contribution in [2.24, 2.45) is 10.7 Å². The highest BCUT2D eigenvalue weighted by Gasteiger charge is 2.03. The van der Waals surface area contributed by atoms with E-state index in [4.69, 9.17) is 5.73 Å². The van der Waals surface area contributed by atoms with E-state index >= 15 is 0 Å². The molecule has 2 aromatic rings. The van der Waals surface area contributed by atoms with E-state index in [2.05, 4.69) is 27.5 Å². The standard InChI is InChI=1S/C18H25N5OS/c1-3-15-12-22-16(25-15)9-10-21-18(20-4-2)23-11-13-5-7-14(8-6-13)17(19)24/h5-8,12H,3-4,9-11H2,1-2H3,(H2,19,24)(H2,20,21,23). The molecule has 1 aromatic carbocycles. The van der Waals surface area contributed by atoms with Crippen LogP contribution in [0.25, 0.3) is 0 Å². The Morgan fingerprint density at radius 2 is 2.00 bits per heavy atom. The highest BCUT2D eigenvalue weighted by Crippen LogP contribution is 2.13. The van der Waals surface area contributed by atoms with Gasteiger partial charge in [0.2, 0.25) is 5.91 Å². The number of aromatic nitrogens is 1. The highest BCUT2D eigenvalue weighted by atomic mass is 32.1. The van der Waals surface area contributed by atoms with Gasteiger partial charge in [0.05, 0.1) is 11.6 Å². The summed E-state index contributed by atoms with van der Waals surface area (Å²) in [7, 11) is 0. The average molecular weight is 359 g/mol. The van der Waals surface area contributed by atoms with Crippen molar-refractivity contribution in [2.75, 3.05) is 13.1 Å². The minimum atomic E-state index is -0.418. The molecule has 1 aromatic heterocycles. The van der Waals surface area contributed by atoms with Crippen molar-refractivity contribution in [3.05, 3.63) is 51.5 Å². The summed E-state index contributed by atoms with van der Waals surface area (Å²) in [5, 5.41) is 7.70. The number of hydrogen-bond donors (Lipinski definition) is 3. The van der Waals surface area contributed by atoms with Crippen LogP contribution in [0.15, 0.2) is 35.5 Å². The van der Waals surface area contributed by atoms with Crippen LogP contribution in [-0.2, 0) is 19.4 Å². The first-order chi connectivity index (χ1) is 12.1. The molecule has 1 amide bonds. The van der Waals surface area contributed by atoms with Crippen LogP contribution in [-0.4, -0.2) is 29.9 Å². The van der Waals surface area contributed by atoms with Gasteiger partial charge < -0.3 is 16.4 Å². The molecule has 0 aliphatic rings. The predicted molar refractivity (Wildman–Crippen MR) is 103 cm³/mol. The zero-order valence-corrected chi connectivity index (χ0v) is 15.5. The van der Waals surface area contributed by atoms with E-state index in [1.165, 1.54) is 4.88 Å². The molecule has 4 N–H and O–H groups in total. The van der Waals surface area contributed by atoms with Crippen LogP contribution in [0.4, 0.5) is 0 Å². The fourth-order valence-corrected chi connectivity index (χ4v) is 3.06. The Morgan fingerprint density at radius 1 is 1.24 bits per heavy atom. The van der Waals surface area contributed by atoms with Gasteiger partial charge in [0, 0.05) is 36.1 Å². The highest BCUT2D eigenvalue weighted by molar-refractivity contribution is 7.11. The SMILES string of the molecule is CCNC(=NCc1ccc(C(N)=O)cc1)NCCc1ncc(CC)s1. The number of guanidine groups is 1. The van der Waals surface area contributed by atoms with Gasteiger partial charge in [-0.15, -0.1) is 11.3 Å². The van der Waals surface area contributed by atoms with Crippen LogP contribution in [0.5, 0.6) is 0 Å². The zero-order chi connectivity index (χ0) is 18.1. The first-order valence-corrected chi connectivity index (χ1v) is 9.28. The molecule has 0 saturated heterocycles. The topological polar surface area (TPSA) is 92.4 Å². The smallest absolute Gasteiger partial charge is 0.248 e. The molecule has 1 heterocycles. The minimum absolute atomic E-state index is 0.418. The third-order valence-electron chi connectivity index (χ3n) is 3.58. The van der Waals surface area contributed by atoms with Crippen molar-refractivity contribution in [1.82, 2.24) is 15.6 Å². The quantitative estimate of drug-likeness (QED) is 0.497. The molecular formula is C18H25N5OS. The lowest BCUT2D eigenvalue weighted by molar-refractivity contribution is 0.100. The molecule has 0 radical (unpaired) electrons. The lowest BCUT2D eigenvalue weighted by atomic mass is 10.1. The van der Waals surface area contributed by atoms with Crippen molar-refractivity contribution >= 4 is 23.2 Å². The Balaban J connectivity index is 1.87. The number of carbonyl (C=O) groups excluding carboxylic acids is 1. The third-order valence-corrected chi connectivity index (χ3v) is 4.79. The molecule has 0 saturated carbocycles. The number of carbonyl (C=O) groups is 1. The monoisotopic (exact) mass is 359 g/mol. The Morgan fingerprint density at radius 3 is 2.60 bits per heavy atom. The molecule has 134 valence electrons. The Hall–Kier alpha value is -2.41. The maximum absolute atomic E-state index is 11.1. The number of nitrogens with two attached hydrogens (primary N) is 1. The Labute approximate surface area is 152 Å². The number of hydrogen-bond acceptors (Lipinski definition) is 4. The van der Waals surface area contributed by atoms with Gasteiger partial charge in [0.15, 0.2) is 5.96 Å². The fourth-order valence-electron chi connectivity index (χ4n) is 2.20. The number of nitrogens with zero attached hydrogens (tertiary/aromatic N) is 2. The van der Waals surface area contributed by atoms with Gasteiger partial charge in [-0.3, -0.25) is 4.79 Å². The van der Waals surface area contributed by atoms with E-state index in [0.29, 0.717) is 12.1 Å². The minimum Gasteiger partial charge on any atom is -0.366 e. The second-order valence-electron chi connectivity index (χ2n) is 5.51. The number of aryl methyl sites for hydroxylation is 1. The largest absolute Gasteiger partial charge is 0.366 e. The van der Waals surface area contributed by atoms with Crippen LogP contribution in [0.3, 0.4) is 0 Å². The number of rotatable bonds is 8. The van der Waals surface area contributed by atoms with E-state index in [1.807, 2.05) is 25.3 Å². The Kier molecular flexibility index (Phi) is 7.40. The summed E-state index contributed by atoms with van der Waals surface area (Å²) in [6, 6.07) is 7.19. The average Bonchev–Trinajstić information content (AvgIpc) is 3.08. The molecule has 25 heavy (non-hydrogen) atoms. The van der Waals surface area contributed by atoms with Crippen LogP contribution in [0, 0.1) is 0 Å². The molecule has 0 spiro atoms. The molecule has 2 rings (SSSR count). The van der Waals surface area contributed by atoms with E-state index in [9.17, 15) is 4.79 Å². The molecule has 0 unspecified atom stereocenters. The first-order valence-electron chi connectivity index (χ1n) is 8.46. The lowest BCUT2D eigenvalue weighted by Gasteiger charge is -2.10. The molecule has 7 heteroatoms. The Bertz CT molecular complexity index is 709. The fraction of sp³-hybridized carbons (Fsp3) is 0.389. The number of amides is 1. The molecular weight excluding hydrogens is 334 g/mol. The second kappa shape index (κ2) is 9.78. The van der Waals surface area contributed by atoms with Crippen LogP contribution in [0.2, 0.25) is 0 Å². The number of nitrogens with one attached hydrogen (secondary N) is 2. The van der Waals surface area contributed by atoms with E-state index in [0.717, 1.165) is 42.5 Å². The molecule has 6 nitrogen and oxygen atoms in total. The first kappa shape index (κ1) is 18.9. The summed E-state index contributed by atoms with van der Waals surface area (Å²) >= 11 is 1.76. The van der Waals surface area contributed by atoms with Crippen molar-refractivity contribution in [3.63, 3.8) is 0 Å². The van der Waals surface area contributed by atoms with Crippen LogP contribution in [0.1, 0.15) is 39.7 Å².